The van der Waals surface area contributed by atoms with Gasteiger partial charge in [-0.3, -0.25) is 0 Å². The highest BCUT2D eigenvalue weighted by atomic mass is 14.9. The number of rotatable bonds is 5. The van der Waals surface area contributed by atoms with Gasteiger partial charge in [-0.2, -0.15) is 0 Å². The largest absolute Gasteiger partial charge is 0.389 e. The molecule has 1 nitrogen and oxygen atoms in total. The van der Waals surface area contributed by atoms with Crippen LogP contribution in [0, 0.1) is 5.92 Å². The molecule has 1 atom stereocenters. The summed E-state index contributed by atoms with van der Waals surface area (Å²) in [5, 5.41) is 3.16. The first-order chi connectivity index (χ1) is 4.66. The van der Waals surface area contributed by atoms with E-state index in [9.17, 15) is 0 Å². The predicted octanol–water partition coefficient (Wildman–Crippen LogP) is 2.54. The number of hydrogen-bond donors (Lipinski definition) is 1. The molecule has 0 radical (unpaired) electrons. The van der Waals surface area contributed by atoms with Crippen molar-refractivity contribution in [3.8, 4) is 0 Å². The molecule has 0 fully saturated rings. The Morgan fingerprint density at radius 1 is 1.30 bits per heavy atom. The molecule has 1 unspecified atom stereocenters. The SMILES string of the molecule is C=CNC(C)CCC(C)C. The average molecular weight is 141 g/mol. The topological polar surface area (TPSA) is 12.0 Å². The minimum Gasteiger partial charge on any atom is -0.389 e. The zero-order chi connectivity index (χ0) is 7.98. The quantitative estimate of drug-likeness (QED) is 0.620. The lowest BCUT2D eigenvalue weighted by Crippen LogP contribution is -2.20. The third-order valence-electron chi connectivity index (χ3n) is 1.58. The van der Waals surface area contributed by atoms with E-state index < -0.39 is 0 Å². The second kappa shape index (κ2) is 5.33. The van der Waals surface area contributed by atoms with E-state index in [4.69, 9.17) is 0 Å². The summed E-state index contributed by atoms with van der Waals surface area (Å²) in [7, 11) is 0. The zero-order valence-electron chi connectivity index (χ0n) is 7.35. The molecule has 0 bridgehead atoms. The summed E-state index contributed by atoms with van der Waals surface area (Å²) >= 11 is 0. The normalized spacial score (nSPS) is 13.2. The van der Waals surface area contributed by atoms with Crippen LogP contribution in [0.25, 0.3) is 0 Å². The van der Waals surface area contributed by atoms with Crippen LogP contribution in [0.1, 0.15) is 33.6 Å². The monoisotopic (exact) mass is 141 g/mol. The fraction of sp³-hybridized carbons (Fsp3) is 0.778. The molecule has 1 heteroatoms. The summed E-state index contributed by atoms with van der Waals surface area (Å²) in [6.07, 6.45) is 4.30. The molecule has 0 aromatic rings. The maximum atomic E-state index is 3.62. The first-order valence-corrected chi connectivity index (χ1v) is 4.03. The Morgan fingerprint density at radius 3 is 2.30 bits per heavy atom. The molecular formula is C9H19N. The van der Waals surface area contributed by atoms with Crippen LogP contribution in [0.5, 0.6) is 0 Å². The van der Waals surface area contributed by atoms with E-state index in [1.54, 1.807) is 6.20 Å². The van der Waals surface area contributed by atoms with Crippen molar-refractivity contribution < 1.29 is 0 Å². The molecular weight excluding hydrogens is 122 g/mol. The summed E-state index contributed by atoms with van der Waals surface area (Å²) in [5.74, 6) is 0.814. The van der Waals surface area contributed by atoms with Crippen molar-refractivity contribution in [1.29, 1.82) is 0 Å². The maximum absolute atomic E-state index is 3.62. The highest BCUT2D eigenvalue weighted by Crippen LogP contribution is 2.05. The molecule has 0 aromatic carbocycles. The highest BCUT2D eigenvalue weighted by molar-refractivity contribution is 4.70. The van der Waals surface area contributed by atoms with E-state index in [1.165, 1.54) is 12.8 Å². The van der Waals surface area contributed by atoms with E-state index in [1.807, 2.05) is 0 Å². The van der Waals surface area contributed by atoms with E-state index in [2.05, 4.69) is 32.7 Å². The van der Waals surface area contributed by atoms with Gasteiger partial charge in [0.2, 0.25) is 0 Å². The van der Waals surface area contributed by atoms with Crippen molar-refractivity contribution in [3.05, 3.63) is 12.8 Å². The van der Waals surface area contributed by atoms with Crippen LogP contribution < -0.4 is 5.32 Å². The zero-order valence-corrected chi connectivity index (χ0v) is 7.35. The second-order valence-electron chi connectivity index (χ2n) is 3.24. The van der Waals surface area contributed by atoms with E-state index in [0.29, 0.717) is 6.04 Å². The van der Waals surface area contributed by atoms with Crippen LogP contribution in [-0.4, -0.2) is 6.04 Å². The summed E-state index contributed by atoms with van der Waals surface area (Å²) < 4.78 is 0. The van der Waals surface area contributed by atoms with Crippen molar-refractivity contribution in [2.24, 2.45) is 5.92 Å². The minimum atomic E-state index is 0.583. The van der Waals surface area contributed by atoms with Gasteiger partial charge in [-0.05, 0) is 31.9 Å². The minimum absolute atomic E-state index is 0.583. The molecule has 0 amide bonds. The molecule has 0 saturated carbocycles. The smallest absolute Gasteiger partial charge is 0.0227 e. The Labute approximate surface area is 64.5 Å². The Balaban J connectivity index is 3.20. The first kappa shape index (κ1) is 9.54. The third kappa shape index (κ3) is 5.67. The molecule has 0 rings (SSSR count). The summed E-state index contributed by atoms with van der Waals surface area (Å²) in [6.45, 7) is 10.3. The maximum Gasteiger partial charge on any atom is 0.0227 e. The molecule has 0 aliphatic carbocycles. The summed E-state index contributed by atoms with van der Waals surface area (Å²) in [6, 6.07) is 0.583. The molecule has 0 aliphatic rings. The summed E-state index contributed by atoms with van der Waals surface area (Å²) in [5.41, 5.74) is 0. The van der Waals surface area contributed by atoms with Crippen LogP contribution in [0.15, 0.2) is 12.8 Å². The van der Waals surface area contributed by atoms with Crippen LogP contribution in [0.2, 0.25) is 0 Å². The Bertz CT molecular complexity index is 86.7. The summed E-state index contributed by atoms with van der Waals surface area (Å²) in [4.78, 5) is 0. The Hall–Kier alpha value is -0.460. The van der Waals surface area contributed by atoms with Crippen LogP contribution in [0.3, 0.4) is 0 Å². The lowest BCUT2D eigenvalue weighted by Gasteiger charge is -2.12. The van der Waals surface area contributed by atoms with Gasteiger partial charge in [0.1, 0.15) is 0 Å². The van der Waals surface area contributed by atoms with Gasteiger partial charge in [-0.1, -0.05) is 20.4 Å². The van der Waals surface area contributed by atoms with E-state index in [-0.39, 0.29) is 0 Å². The Kier molecular flexibility index (Phi) is 5.09. The lowest BCUT2D eigenvalue weighted by atomic mass is 10.0. The lowest BCUT2D eigenvalue weighted by molar-refractivity contribution is 0.485. The third-order valence-corrected chi connectivity index (χ3v) is 1.58. The number of hydrogen-bond acceptors (Lipinski definition) is 1. The standard InChI is InChI=1S/C9H19N/c1-5-10-9(4)7-6-8(2)3/h5,8-10H,1,6-7H2,2-4H3. The molecule has 0 aliphatic heterocycles. The highest BCUT2D eigenvalue weighted by Gasteiger charge is 1.99. The van der Waals surface area contributed by atoms with Gasteiger partial charge in [0.25, 0.3) is 0 Å². The predicted molar refractivity (Wildman–Crippen MR) is 46.9 cm³/mol. The van der Waals surface area contributed by atoms with E-state index in [0.717, 1.165) is 5.92 Å². The fourth-order valence-electron chi connectivity index (χ4n) is 0.868. The molecule has 0 heterocycles. The molecule has 60 valence electrons. The first-order valence-electron chi connectivity index (χ1n) is 4.03. The van der Waals surface area contributed by atoms with E-state index >= 15 is 0 Å². The molecule has 0 spiro atoms. The van der Waals surface area contributed by atoms with Crippen molar-refractivity contribution in [1.82, 2.24) is 5.32 Å². The average Bonchev–Trinajstić information content (AvgIpc) is 1.85. The second-order valence-corrected chi connectivity index (χ2v) is 3.24. The number of nitrogens with one attached hydrogen (secondary N) is 1. The van der Waals surface area contributed by atoms with Gasteiger partial charge in [0.05, 0.1) is 0 Å². The van der Waals surface area contributed by atoms with Crippen molar-refractivity contribution >= 4 is 0 Å². The van der Waals surface area contributed by atoms with Gasteiger partial charge < -0.3 is 5.32 Å². The molecule has 0 saturated heterocycles. The van der Waals surface area contributed by atoms with Gasteiger partial charge >= 0.3 is 0 Å². The fourth-order valence-corrected chi connectivity index (χ4v) is 0.868. The molecule has 0 aromatic heterocycles. The van der Waals surface area contributed by atoms with Gasteiger partial charge in [0, 0.05) is 6.04 Å². The van der Waals surface area contributed by atoms with Crippen molar-refractivity contribution in [2.75, 3.05) is 0 Å². The Morgan fingerprint density at radius 2 is 1.90 bits per heavy atom. The van der Waals surface area contributed by atoms with Gasteiger partial charge in [-0.15, -0.1) is 0 Å². The van der Waals surface area contributed by atoms with Crippen molar-refractivity contribution in [2.45, 2.75) is 39.7 Å². The van der Waals surface area contributed by atoms with Gasteiger partial charge in [0.15, 0.2) is 0 Å². The van der Waals surface area contributed by atoms with Crippen molar-refractivity contribution in [3.63, 3.8) is 0 Å². The van der Waals surface area contributed by atoms with Gasteiger partial charge in [-0.25, -0.2) is 0 Å². The van der Waals surface area contributed by atoms with Crippen LogP contribution in [0.4, 0.5) is 0 Å². The van der Waals surface area contributed by atoms with Crippen LogP contribution >= 0.6 is 0 Å². The molecule has 1 N–H and O–H groups in total. The molecule has 10 heavy (non-hydrogen) atoms. The van der Waals surface area contributed by atoms with Crippen LogP contribution in [-0.2, 0) is 0 Å².